The van der Waals surface area contributed by atoms with Gasteiger partial charge in [0.2, 0.25) is 5.91 Å². The molecule has 4 nitrogen and oxygen atoms in total. The zero-order valence-electron chi connectivity index (χ0n) is 12.3. The minimum absolute atomic E-state index is 0.0424. The van der Waals surface area contributed by atoms with Gasteiger partial charge in [0.25, 0.3) is 0 Å². The summed E-state index contributed by atoms with van der Waals surface area (Å²) in [5.74, 6) is 6.08. The van der Waals surface area contributed by atoms with Crippen LogP contribution in [0.4, 0.5) is 0 Å². The number of hydrogen-bond donors (Lipinski definition) is 2. The average Bonchev–Trinajstić information content (AvgIpc) is 2.81. The monoisotopic (exact) mass is 294 g/mol. The first-order valence-electron chi connectivity index (χ1n) is 6.64. The van der Waals surface area contributed by atoms with E-state index in [1.165, 1.54) is 0 Å². The molecule has 20 heavy (non-hydrogen) atoms. The lowest BCUT2D eigenvalue weighted by molar-refractivity contribution is -0.122. The number of amides is 1. The Morgan fingerprint density at radius 2 is 2.30 bits per heavy atom. The number of thiophene rings is 1. The Balaban J connectivity index is 2.48. The summed E-state index contributed by atoms with van der Waals surface area (Å²) in [7, 11) is 1.91. The molecule has 0 aromatic carbocycles. The molecule has 1 aromatic heterocycles. The quantitative estimate of drug-likeness (QED) is 0.778. The van der Waals surface area contributed by atoms with Crippen LogP contribution in [0.25, 0.3) is 0 Å². The van der Waals surface area contributed by atoms with Crippen molar-refractivity contribution in [1.82, 2.24) is 10.2 Å². The Kier molecular flexibility index (Phi) is 7.31. The summed E-state index contributed by atoms with van der Waals surface area (Å²) >= 11 is 1.62. The zero-order chi connectivity index (χ0) is 15.0. The van der Waals surface area contributed by atoms with E-state index in [-0.39, 0.29) is 12.5 Å². The molecule has 1 rings (SSSR count). The largest absolute Gasteiger partial charge is 0.384 e. The summed E-state index contributed by atoms with van der Waals surface area (Å²) in [6, 6.07) is 1.94. The van der Waals surface area contributed by atoms with Crippen LogP contribution in [-0.2, 0) is 11.3 Å². The van der Waals surface area contributed by atoms with Crippen molar-refractivity contribution < 1.29 is 9.90 Å². The Bertz CT molecular complexity index is 486. The zero-order valence-corrected chi connectivity index (χ0v) is 13.1. The predicted molar refractivity (Wildman–Crippen MR) is 82.5 cm³/mol. The molecule has 5 heteroatoms. The van der Waals surface area contributed by atoms with Gasteiger partial charge in [-0.25, -0.2) is 0 Å². The third-order valence-electron chi connectivity index (χ3n) is 2.58. The van der Waals surface area contributed by atoms with E-state index in [4.69, 9.17) is 5.11 Å². The lowest BCUT2D eigenvalue weighted by Crippen LogP contribution is -2.36. The summed E-state index contributed by atoms with van der Waals surface area (Å²) in [6.45, 7) is 5.77. The van der Waals surface area contributed by atoms with Crippen LogP contribution in [0.1, 0.15) is 24.3 Å². The molecule has 0 saturated heterocycles. The lowest BCUT2D eigenvalue weighted by Gasteiger charge is -2.16. The maximum atomic E-state index is 11.7. The maximum Gasteiger partial charge on any atom is 0.234 e. The number of rotatable bonds is 6. The number of carbonyl (C=O) groups excluding carboxylic acids is 1. The van der Waals surface area contributed by atoms with E-state index in [0.717, 1.165) is 10.4 Å². The average molecular weight is 294 g/mol. The second-order valence-corrected chi connectivity index (χ2v) is 6.09. The molecule has 110 valence electrons. The van der Waals surface area contributed by atoms with E-state index in [1.54, 1.807) is 11.3 Å². The molecule has 0 unspecified atom stereocenters. The molecule has 0 bridgehead atoms. The van der Waals surface area contributed by atoms with Crippen molar-refractivity contribution in [3.8, 4) is 11.8 Å². The first kappa shape index (κ1) is 16.7. The first-order chi connectivity index (χ1) is 9.52. The van der Waals surface area contributed by atoms with Gasteiger partial charge >= 0.3 is 0 Å². The predicted octanol–water partition coefficient (Wildman–Crippen LogP) is 1.30. The molecule has 0 radical (unpaired) electrons. The van der Waals surface area contributed by atoms with Gasteiger partial charge in [-0.2, -0.15) is 0 Å². The number of nitrogens with one attached hydrogen (secondary N) is 1. The molecule has 1 aromatic rings. The number of carbonyl (C=O) groups is 1. The van der Waals surface area contributed by atoms with Crippen molar-refractivity contribution in [3.05, 3.63) is 21.9 Å². The van der Waals surface area contributed by atoms with Gasteiger partial charge in [-0.3, -0.25) is 9.69 Å². The Hall–Kier alpha value is -1.35. The highest BCUT2D eigenvalue weighted by atomic mass is 32.1. The van der Waals surface area contributed by atoms with Gasteiger partial charge in [-0.15, -0.1) is 11.3 Å². The Morgan fingerprint density at radius 1 is 1.55 bits per heavy atom. The fourth-order valence-electron chi connectivity index (χ4n) is 1.63. The summed E-state index contributed by atoms with van der Waals surface area (Å²) in [4.78, 5) is 14.8. The van der Waals surface area contributed by atoms with Gasteiger partial charge in [-0.1, -0.05) is 25.7 Å². The van der Waals surface area contributed by atoms with Crippen LogP contribution in [-0.4, -0.2) is 42.7 Å². The number of aliphatic hydroxyl groups is 1. The van der Waals surface area contributed by atoms with Crippen LogP contribution in [0.5, 0.6) is 0 Å². The van der Waals surface area contributed by atoms with E-state index >= 15 is 0 Å². The fourth-order valence-corrected chi connectivity index (χ4v) is 2.54. The van der Waals surface area contributed by atoms with E-state index in [9.17, 15) is 4.79 Å². The SMILES string of the molecule is CC(C)CNC(=O)CN(C)Cc1sccc1C#CCO. The van der Waals surface area contributed by atoms with Crippen molar-refractivity contribution in [3.63, 3.8) is 0 Å². The van der Waals surface area contributed by atoms with Crippen LogP contribution < -0.4 is 5.32 Å². The second kappa shape index (κ2) is 8.75. The van der Waals surface area contributed by atoms with Crippen molar-refractivity contribution in [2.75, 3.05) is 26.7 Å². The molecule has 0 aliphatic heterocycles. The van der Waals surface area contributed by atoms with Crippen molar-refractivity contribution >= 4 is 17.2 Å². The highest BCUT2D eigenvalue weighted by Gasteiger charge is 2.10. The lowest BCUT2D eigenvalue weighted by atomic mass is 10.2. The van der Waals surface area contributed by atoms with Crippen LogP contribution in [0, 0.1) is 17.8 Å². The van der Waals surface area contributed by atoms with Gasteiger partial charge in [0.05, 0.1) is 6.54 Å². The van der Waals surface area contributed by atoms with Gasteiger partial charge in [0.1, 0.15) is 6.61 Å². The fraction of sp³-hybridized carbons (Fsp3) is 0.533. The van der Waals surface area contributed by atoms with Crippen LogP contribution in [0.15, 0.2) is 11.4 Å². The maximum absolute atomic E-state index is 11.7. The third kappa shape index (κ3) is 6.20. The molecule has 0 spiro atoms. The third-order valence-corrected chi connectivity index (χ3v) is 3.49. The van der Waals surface area contributed by atoms with Crippen LogP contribution >= 0.6 is 11.3 Å². The van der Waals surface area contributed by atoms with Gasteiger partial charge in [-0.05, 0) is 24.4 Å². The van der Waals surface area contributed by atoms with Crippen LogP contribution in [0.3, 0.4) is 0 Å². The highest BCUT2D eigenvalue weighted by molar-refractivity contribution is 7.10. The van der Waals surface area contributed by atoms with Gasteiger partial charge in [0.15, 0.2) is 0 Å². The van der Waals surface area contributed by atoms with Gasteiger partial charge < -0.3 is 10.4 Å². The Labute approximate surface area is 124 Å². The standard InChI is InChI=1S/C15H22N2O2S/c1-12(2)9-16-15(19)11-17(3)10-14-13(5-4-7-18)6-8-20-14/h6,8,12,18H,7,9-11H2,1-3H3,(H,16,19). The molecule has 1 amide bonds. The molecule has 0 atom stereocenters. The molecule has 2 N–H and O–H groups in total. The van der Waals surface area contributed by atoms with E-state index in [2.05, 4.69) is 31.0 Å². The highest BCUT2D eigenvalue weighted by Crippen LogP contribution is 2.17. The second-order valence-electron chi connectivity index (χ2n) is 5.09. The molecule has 0 fully saturated rings. The number of aliphatic hydroxyl groups excluding tert-OH is 1. The number of hydrogen-bond acceptors (Lipinski definition) is 4. The summed E-state index contributed by atoms with van der Waals surface area (Å²) in [6.07, 6.45) is 0. The molecular weight excluding hydrogens is 272 g/mol. The summed E-state index contributed by atoms with van der Waals surface area (Å²) in [5, 5.41) is 13.6. The normalized spacial score (nSPS) is 10.5. The number of nitrogens with zero attached hydrogens (tertiary/aromatic N) is 1. The number of likely N-dealkylation sites (N-methyl/N-ethyl adjacent to an activating group) is 1. The minimum Gasteiger partial charge on any atom is -0.384 e. The van der Waals surface area contributed by atoms with Crippen molar-refractivity contribution in [1.29, 1.82) is 0 Å². The van der Waals surface area contributed by atoms with Crippen LogP contribution in [0.2, 0.25) is 0 Å². The first-order valence-corrected chi connectivity index (χ1v) is 7.52. The summed E-state index contributed by atoms with van der Waals surface area (Å²) < 4.78 is 0. The molecule has 0 aliphatic carbocycles. The van der Waals surface area contributed by atoms with Crippen molar-refractivity contribution in [2.24, 2.45) is 5.92 Å². The van der Waals surface area contributed by atoms with E-state index < -0.39 is 0 Å². The topological polar surface area (TPSA) is 52.6 Å². The summed E-state index contributed by atoms with van der Waals surface area (Å²) in [5.41, 5.74) is 0.929. The molecule has 1 heterocycles. The van der Waals surface area contributed by atoms with E-state index in [1.807, 2.05) is 23.4 Å². The molecule has 0 saturated carbocycles. The molecular formula is C15H22N2O2S. The Morgan fingerprint density at radius 3 is 2.95 bits per heavy atom. The smallest absolute Gasteiger partial charge is 0.234 e. The molecule has 0 aliphatic rings. The minimum atomic E-state index is -0.136. The van der Waals surface area contributed by atoms with Crippen molar-refractivity contribution in [2.45, 2.75) is 20.4 Å². The van der Waals surface area contributed by atoms with E-state index in [0.29, 0.717) is 25.6 Å². The van der Waals surface area contributed by atoms with Gasteiger partial charge in [0, 0.05) is 23.5 Å².